The van der Waals surface area contributed by atoms with Crippen LogP contribution in [-0.2, 0) is 16.0 Å². The minimum absolute atomic E-state index is 0.0334. The SMILES string of the molecule is C[C@@H]1Cc2ccccc2N1C(=O)CN1C(=O)NC2(CCCCCCC2)C1=O. The molecule has 1 N–H and O–H groups in total. The summed E-state index contributed by atoms with van der Waals surface area (Å²) < 4.78 is 0. The number of carbonyl (C=O) groups is 3. The number of carbonyl (C=O) groups excluding carboxylic acids is 3. The molecule has 6 nitrogen and oxygen atoms in total. The predicted octanol–water partition coefficient (Wildman–Crippen LogP) is 3.00. The third-order valence-electron chi connectivity index (χ3n) is 6.22. The third kappa shape index (κ3) is 3.11. The maximum absolute atomic E-state index is 13.1. The lowest BCUT2D eigenvalue weighted by atomic mass is 9.84. The van der Waals surface area contributed by atoms with Crippen molar-refractivity contribution in [3.8, 4) is 0 Å². The monoisotopic (exact) mass is 369 g/mol. The Kier molecular flexibility index (Phi) is 4.66. The quantitative estimate of drug-likeness (QED) is 0.815. The van der Waals surface area contributed by atoms with E-state index in [1.54, 1.807) is 4.90 Å². The normalized spacial score (nSPS) is 24.6. The molecule has 1 saturated heterocycles. The lowest BCUT2D eigenvalue weighted by molar-refractivity contribution is -0.135. The molecular formula is C21H27N3O3. The van der Waals surface area contributed by atoms with Gasteiger partial charge in [-0.05, 0) is 37.8 Å². The van der Waals surface area contributed by atoms with E-state index in [0.717, 1.165) is 48.3 Å². The number of hydrogen-bond acceptors (Lipinski definition) is 3. The highest BCUT2D eigenvalue weighted by atomic mass is 16.2. The number of nitrogens with zero attached hydrogens (tertiary/aromatic N) is 2. The van der Waals surface area contributed by atoms with Crippen molar-refractivity contribution in [3.05, 3.63) is 29.8 Å². The van der Waals surface area contributed by atoms with Crippen molar-refractivity contribution in [2.45, 2.75) is 69.9 Å². The molecule has 0 bridgehead atoms. The third-order valence-corrected chi connectivity index (χ3v) is 6.22. The van der Waals surface area contributed by atoms with Crippen LogP contribution < -0.4 is 10.2 Å². The molecule has 3 aliphatic rings. The average Bonchev–Trinajstić information content (AvgIpc) is 3.07. The van der Waals surface area contributed by atoms with Crippen LogP contribution in [0.5, 0.6) is 0 Å². The Bertz CT molecular complexity index is 768. The molecule has 0 unspecified atom stereocenters. The Morgan fingerprint density at radius 3 is 2.52 bits per heavy atom. The molecule has 27 heavy (non-hydrogen) atoms. The van der Waals surface area contributed by atoms with E-state index in [2.05, 4.69) is 5.32 Å². The van der Waals surface area contributed by atoms with Crippen LogP contribution >= 0.6 is 0 Å². The van der Waals surface area contributed by atoms with Gasteiger partial charge in [0.1, 0.15) is 12.1 Å². The van der Waals surface area contributed by atoms with E-state index in [4.69, 9.17) is 0 Å². The minimum atomic E-state index is -0.799. The number of amides is 4. The van der Waals surface area contributed by atoms with E-state index in [1.807, 2.05) is 31.2 Å². The highest BCUT2D eigenvalue weighted by Crippen LogP contribution is 2.34. The maximum atomic E-state index is 13.1. The zero-order valence-electron chi connectivity index (χ0n) is 15.9. The first-order chi connectivity index (χ1) is 13.0. The molecule has 2 fully saturated rings. The Labute approximate surface area is 159 Å². The van der Waals surface area contributed by atoms with Gasteiger partial charge in [0.25, 0.3) is 5.91 Å². The van der Waals surface area contributed by atoms with Crippen LogP contribution in [0.4, 0.5) is 10.5 Å². The molecule has 1 atom stereocenters. The Morgan fingerprint density at radius 1 is 1.11 bits per heavy atom. The highest BCUT2D eigenvalue weighted by Gasteiger charge is 2.51. The molecule has 2 aliphatic heterocycles. The van der Waals surface area contributed by atoms with Crippen LogP contribution in [0.2, 0.25) is 0 Å². The van der Waals surface area contributed by atoms with E-state index >= 15 is 0 Å². The number of anilines is 1. The number of urea groups is 1. The van der Waals surface area contributed by atoms with E-state index in [9.17, 15) is 14.4 Å². The van der Waals surface area contributed by atoms with Gasteiger partial charge < -0.3 is 10.2 Å². The van der Waals surface area contributed by atoms with Gasteiger partial charge in [0.05, 0.1) is 0 Å². The number of rotatable bonds is 2. The fraction of sp³-hybridized carbons (Fsp3) is 0.571. The first-order valence-corrected chi connectivity index (χ1v) is 10.1. The molecule has 144 valence electrons. The summed E-state index contributed by atoms with van der Waals surface area (Å²) in [6.45, 7) is 1.81. The first kappa shape index (κ1) is 18.0. The largest absolute Gasteiger partial charge is 0.325 e. The molecule has 1 spiro atoms. The van der Waals surface area contributed by atoms with Crippen molar-refractivity contribution in [1.29, 1.82) is 0 Å². The van der Waals surface area contributed by atoms with Crippen LogP contribution in [0.3, 0.4) is 0 Å². The van der Waals surface area contributed by atoms with Gasteiger partial charge in [-0.2, -0.15) is 0 Å². The number of nitrogens with one attached hydrogen (secondary N) is 1. The second-order valence-corrected chi connectivity index (χ2v) is 8.12. The van der Waals surface area contributed by atoms with E-state index < -0.39 is 11.6 Å². The summed E-state index contributed by atoms with van der Waals surface area (Å²) in [6.07, 6.45) is 7.38. The summed E-state index contributed by atoms with van der Waals surface area (Å²) in [6, 6.07) is 7.44. The molecule has 2 heterocycles. The van der Waals surface area contributed by atoms with Crippen molar-refractivity contribution >= 4 is 23.5 Å². The zero-order valence-corrected chi connectivity index (χ0v) is 15.9. The summed E-state index contributed by atoms with van der Waals surface area (Å²) in [5.74, 6) is -0.415. The summed E-state index contributed by atoms with van der Waals surface area (Å²) in [5.41, 5.74) is 1.22. The molecule has 1 saturated carbocycles. The smallest absolute Gasteiger partial charge is 0.323 e. The fourth-order valence-corrected chi connectivity index (χ4v) is 4.82. The van der Waals surface area contributed by atoms with Gasteiger partial charge in [0.2, 0.25) is 5.91 Å². The fourth-order valence-electron chi connectivity index (χ4n) is 4.82. The minimum Gasteiger partial charge on any atom is -0.323 e. The summed E-state index contributed by atoms with van der Waals surface area (Å²) in [5, 5.41) is 2.93. The van der Waals surface area contributed by atoms with Gasteiger partial charge in [-0.15, -0.1) is 0 Å². The first-order valence-electron chi connectivity index (χ1n) is 10.1. The van der Waals surface area contributed by atoms with E-state index in [1.165, 1.54) is 6.42 Å². The molecular weight excluding hydrogens is 342 g/mol. The van der Waals surface area contributed by atoms with E-state index in [0.29, 0.717) is 12.8 Å². The predicted molar refractivity (Wildman–Crippen MR) is 102 cm³/mol. The van der Waals surface area contributed by atoms with Gasteiger partial charge in [-0.25, -0.2) is 4.79 Å². The second-order valence-electron chi connectivity index (χ2n) is 8.12. The van der Waals surface area contributed by atoms with Crippen LogP contribution in [-0.4, -0.2) is 40.9 Å². The number of para-hydroxylation sites is 1. The van der Waals surface area contributed by atoms with Gasteiger partial charge >= 0.3 is 6.03 Å². The van der Waals surface area contributed by atoms with Crippen molar-refractivity contribution in [1.82, 2.24) is 10.2 Å². The standard InChI is InChI=1S/C21H27N3O3/c1-15-13-16-9-5-6-10-17(16)24(15)18(25)14-23-19(26)21(22-20(23)27)11-7-3-2-4-8-12-21/h5-6,9-10,15H,2-4,7-8,11-14H2,1H3,(H,22,27)/t15-/m1/s1. The Morgan fingerprint density at radius 2 is 1.78 bits per heavy atom. The van der Waals surface area contributed by atoms with Crippen LogP contribution in [0, 0.1) is 0 Å². The number of hydrogen-bond donors (Lipinski definition) is 1. The molecule has 1 aromatic carbocycles. The van der Waals surface area contributed by atoms with Crippen LogP contribution in [0.25, 0.3) is 0 Å². The summed E-state index contributed by atoms with van der Waals surface area (Å²) >= 11 is 0. The van der Waals surface area contributed by atoms with Crippen molar-refractivity contribution < 1.29 is 14.4 Å². The van der Waals surface area contributed by atoms with Crippen molar-refractivity contribution in [3.63, 3.8) is 0 Å². The van der Waals surface area contributed by atoms with Crippen LogP contribution in [0.15, 0.2) is 24.3 Å². The Hall–Kier alpha value is -2.37. The highest BCUT2D eigenvalue weighted by molar-refractivity contribution is 6.10. The summed E-state index contributed by atoms with van der Waals surface area (Å²) in [7, 11) is 0. The number of imide groups is 1. The lowest BCUT2D eigenvalue weighted by Gasteiger charge is -2.29. The number of benzene rings is 1. The topological polar surface area (TPSA) is 69.7 Å². The lowest BCUT2D eigenvalue weighted by Crippen LogP contribution is -2.48. The van der Waals surface area contributed by atoms with Crippen molar-refractivity contribution in [2.75, 3.05) is 11.4 Å². The van der Waals surface area contributed by atoms with Crippen molar-refractivity contribution in [2.24, 2.45) is 0 Å². The van der Waals surface area contributed by atoms with E-state index in [-0.39, 0.29) is 24.4 Å². The van der Waals surface area contributed by atoms with Gasteiger partial charge in [0.15, 0.2) is 0 Å². The molecule has 0 aromatic heterocycles. The summed E-state index contributed by atoms with van der Waals surface area (Å²) in [4.78, 5) is 41.5. The van der Waals surface area contributed by atoms with Gasteiger partial charge in [-0.1, -0.05) is 50.3 Å². The Balaban J connectivity index is 1.51. The second kappa shape index (κ2) is 6.98. The molecule has 4 rings (SSSR count). The molecule has 6 heteroatoms. The molecule has 4 amide bonds. The maximum Gasteiger partial charge on any atom is 0.325 e. The van der Waals surface area contributed by atoms with Gasteiger partial charge in [-0.3, -0.25) is 14.5 Å². The molecule has 1 aliphatic carbocycles. The zero-order chi connectivity index (χ0) is 19.0. The molecule has 0 radical (unpaired) electrons. The van der Waals surface area contributed by atoms with Gasteiger partial charge in [0, 0.05) is 11.7 Å². The average molecular weight is 369 g/mol. The molecule has 1 aromatic rings. The number of fused-ring (bicyclic) bond motifs is 1. The van der Waals surface area contributed by atoms with Crippen LogP contribution in [0.1, 0.15) is 57.4 Å².